The van der Waals surface area contributed by atoms with Crippen molar-refractivity contribution in [1.82, 2.24) is 0 Å². The number of halogens is 1. The van der Waals surface area contributed by atoms with Gasteiger partial charge in [-0.2, -0.15) is 0 Å². The largest absolute Gasteiger partial charge is 0.324 e. The third-order valence-corrected chi connectivity index (χ3v) is 6.99. The molecule has 1 aromatic rings. The predicted octanol–water partition coefficient (Wildman–Crippen LogP) is 3.04. The lowest BCUT2D eigenvalue weighted by Gasteiger charge is -2.21. The molecule has 3 amide bonds. The van der Waals surface area contributed by atoms with Gasteiger partial charge in [0.1, 0.15) is 10.6 Å². The van der Waals surface area contributed by atoms with Gasteiger partial charge in [0, 0.05) is 11.3 Å². The third kappa shape index (κ3) is 2.18. The Bertz CT molecular complexity index is 788. The summed E-state index contributed by atoms with van der Waals surface area (Å²) in [4.78, 5) is 38.7. The fourth-order valence-corrected chi connectivity index (χ4v) is 4.82. The highest BCUT2D eigenvalue weighted by molar-refractivity contribution is 8.00. The molecule has 1 aliphatic carbocycles. The molecule has 1 aromatic carbocycles. The van der Waals surface area contributed by atoms with E-state index in [0.717, 1.165) is 17.7 Å². The first-order valence-electron chi connectivity index (χ1n) is 8.47. The molecule has 2 aliphatic heterocycles. The first-order valence-corrected chi connectivity index (χ1v) is 9.69. The Labute approximate surface area is 149 Å². The minimum atomic E-state index is -0.873. The number of anilines is 2. The van der Waals surface area contributed by atoms with Crippen molar-refractivity contribution in [3.63, 3.8) is 0 Å². The van der Waals surface area contributed by atoms with Gasteiger partial charge >= 0.3 is 0 Å². The molecule has 4 rings (SSSR count). The number of amides is 3. The van der Waals surface area contributed by atoms with Crippen LogP contribution in [0.3, 0.4) is 0 Å². The van der Waals surface area contributed by atoms with Crippen LogP contribution in [0.2, 0.25) is 0 Å². The van der Waals surface area contributed by atoms with Crippen molar-refractivity contribution in [2.24, 2.45) is 11.8 Å². The van der Waals surface area contributed by atoms with Crippen LogP contribution in [-0.2, 0) is 19.1 Å². The number of benzene rings is 1. The molecule has 5 nitrogen and oxygen atoms in total. The van der Waals surface area contributed by atoms with E-state index in [1.807, 2.05) is 0 Å². The van der Waals surface area contributed by atoms with E-state index in [9.17, 15) is 18.8 Å². The van der Waals surface area contributed by atoms with Gasteiger partial charge < -0.3 is 5.32 Å². The quantitative estimate of drug-likeness (QED) is 0.821. The van der Waals surface area contributed by atoms with Crippen molar-refractivity contribution >= 4 is 40.9 Å². The molecular weight excluding hydrogens is 343 g/mol. The number of hydrogen-bond acceptors (Lipinski definition) is 4. The van der Waals surface area contributed by atoms with Crippen LogP contribution in [-0.4, -0.2) is 24.0 Å². The molecule has 0 spiro atoms. The number of fused-ring (bicyclic) bond motifs is 2. The summed E-state index contributed by atoms with van der Waals surface area (Å²) in [5.74, 6) is -2.16. The zero-order valence-electron chi connectivity index (χ0n) is 14.1. The smallest absolute Gasteiger partial charge is 0.244 e. The maximum absolute atomic E-state index is 14.8. The number of carbonyl (C=O) groups excluding carboxylic acids is 3. The van der Waals surface area contributed by atoms with E-state index in [4.69, 9.17) is 0 Å². The summed E-state index contributed by atoms with van der Waals surface area (Å²) in [5.41, 5.74) is 0.963. The molecule has 2 fully saturated rings. The molecule has 3 unspecified atom stereocenters. The number of imide groups is 1. The Morgan fingerprint density at radius 3 is 2.32 bits per heavy atom. The van der Waals surface area contributed by atoms with Gasteiger partial charge in [-0.25, -0.2) is 9.29 Å². The second-order valence-electron chi connectivity index (χ2n) is 7.05. The molecule has 3 aliphatic rings. The number of hydrogen-bond donors (Lipinski definition) is 1. The van der Waals surface area contributed by atoms with Crippen LogP contribution in [0.1, 0.15) is 38.2 Å². The molecule has 1 saturated heterocycles. The number of nitrogens with one attached hydrogen (secondary N) is 1. The first-order chi connectivity index (χ1) is 11.9. The molecule has 132 valence electrons. The van der Waals surface area contributed by atoms with Crippen molar-refractivity contribution < 1.29 is 18.8 Å². The molecule has 0 aromatic heterocycles. The van der Waals surface area contributed by atoms with Gasteiger partial charge in [-0.1, -0.05) is 12.8 Å². The van der Waals surface area contributed by atoms with E-state index in [1.165, 1.54) is 23.9 Å². The highest BCUT2D eigenvalue weighted by Gasteiger charge is 2.50. The fraction of sp³-hybridized carbons (Fsp3) is 0.500. The first kappa shape index (κ1) is 16.6. The van der Waals surface area contributed by atoms with E-state index in [1.54, 1.807) is 13.2 Å². The Morgan fingerprint density at radius 1 is 1.16 bits per heavy atom. The second-order valence-corrected chi connectivity index (χ2v) is 8.27. The molecule has 3 atom stereocenters. The Kier molecular flexibility index (Phi) is 3.68. The van der Waals surface area contributed by atoms with Crippen LogP contribution >= 0.6 is 11.8 Å². The zero-order valence-corrected chi connectivity index (χ0v) is 14.9. The number of rotatable bonds is 2. The van der Waals surface area contributed by atoms with Crippen molar-refractivity contribution in [3.8, 4) is 0 Å². The highest BCUT2D eigenvalue weighted by atomic mass is 32.2. The third-order valence-electron chi connectivity index (χ3n) is 5.77. The Balaban J connectivity index is 1.78. The fourth-order valence-electron chi connectivity index (χ4n) is 4.20. The van der Waals surface area contributed by atoms with Gasteiger partial charge in [-0.05, 0) is 38.2 Å². The van der Waals surface area contributed by atoms with Crippen LogP contribution in [0.15, 0.2) is 12.1 Å². The van der Waals surface area contributed by atoms with Gasteiger partial charge in [-0.15, -0.1) is 11.8 Å². The van der Waals surface area contributed by atoms with Gasteiger partial charge in [0.05, 0.1) is 17.5 Å². The lowest BCUT2D eigenvalue weighted by atomic mass is 9.81. The Hall–Kier alpha value is -1.89. The molecule has 7 heteroatoms. The average Bonchev–Trinajstić information content (AvgIpc) is 3.00. The highest BCUT2D eigenvalue weighted by Crippen LogP contribution is 2.48. The zero-order chi connectivity index (χ0) is 17.9. The summed E-state index contributed by atoms with van der Waals surface area (Å²) in [6.07, 6.45) is 4.99. The predicted molar refractivity (Wildman–Crippen MR) is 93.8 cm³/mol. The number of nitrogens with zero attached hydrogens (tertiary/aromatic N) is 1. The minimum absolute atomic E-state index is 0.0474. The molecule has 1 saturated carbocycles. The van der Waals surface area contributed by atoms with Crippen LogP contribution in [0.25, 0.3) is 0 Å². The van der Waals surface area contributed by atoms with Crippen LogP contribution in [0, 0.1) is 17.7 Å². The van der Waals surface area contributed by atoms with Gasteiger partial charge in [0.25, 0.3) is 0 Å². The summed E-state index contributed by atoms with van der Waals surface area (Å²) in [6, 6.07) is 2.71. The summed E-state index contributed by atoms with van der Waals surface area (Å²) in [7, 11) is 0. The van der Waals surface area contributed by atoms with Crippen molar-refractivity contribution in [1.29, 1.82) is 0 Å². The molecule has 1 N–H and O–H groups in total. The summed E-state index contributed by atoms with van der Waals surface area (Å²) >= 11 is 1.32. The van der Waals surface area contributed by atoms with Crippen molar-refractivity contribution in [2.45, 2.75) is 37.4 Å². The second kappa shape index (κ2) is 5.56. The number of thioether (sulfide) groups is 1. The van der Waals surface area contributed by atoms with E-state index in [2.05, 4.69) is 5.32 Å². The molecular formula is C18H19FN2O3S. The van der Waals surface area contributed by atoms with E-state index < -0.39 is 10.6 Å². The summed E-state index contributed by atoms with van der Waals surface area (Å²) in [6.45, 7) is 1.73. The lowest BCUT2D eigenvalue weighted by Crippen LogP contribution is -2.31. The van der Waals surface area contributed by atoms with E-state index in [-0.39, 0.29) is 35.2 Å². The monoisotopic (exact) mass is 362 g/mol. The normalized spacial score (nSPS) is 31.2. The topological polar surface area (TPSA) is 66.5 Å². The SMILES string of the molecule is CSC1(C)C(=O)Nc2cc(N3C(=O)C4CCCCC4C3=O)c(F)cc21. The lowest BCUT2D eigenvalue weighted by molar-refractivity contribution is -0.122. The van der Waals surface area contributed by atoms with E-state index in [0.29, 0.717) is 24.1 Å². The molecule has 0 bridgehead atoms. The number of carbonyl (C=O) groups is 3. The maximum Gasteiger partial charge on any atom is 0.244 e. The minimum Gasteiger partial charge on any atom is -0.324 e. The molecule has 2 heterocycles. The molecule has 0 radical (unpaired) electrons. The van der Waals surface area contributed by atoms with Gasteiger partial charge in [0.2, 0.25) is 17.7 Å². The van der Waals surface area contributed by atoms with Crippen LogP contribution in [0.4, 0.5) is 15.8 Å². The van der Waals surface area contributed by atoms with Crippen molar-refractivity contribution in [2.75, 3.05) is 16.5 Å². The van der Waals surface area contributed by atoms with Crippen LogP contribution < -0.4 is 10.2 Å². The van der Waals surface area contributed by atoms with Crippen molar-refractivity contribution in [3.05, 3.63) is 23.5 Å². The maximum atomic E-state index is 14.8. The molecule has 25 heavy (non-hydrogen) atoms. The van der Waals surface area contributed by atoms with Gasteiger partial charge in [0.15, 0.2) is 0 Å². The standard InChI is InChI=1S/C18H19FN2O3S/c1-18(25-2)11-7-12(19)14(8-13(11)20-17(18)24)21-15(22)9-5-3-4-6-10(9)16(21)23/h7-10H,3-6H2,1-2H3,(H,20,24). The van der Waals surface area contributed by atoms with Gasteiger partial charge in [-0.3, -0.25) is 14.4 Å². The van der Waals surface area contributed by atoms with E-state index >= 15 is 0 Å². The average molecular weight is 362 g/mol. The summed E-state index contributed by atoms with van der Waals surface area (Å²) < 4.78 is 14.0. The summed E-state index contributed by atoms with van der Waals surface area (Å²) in [5, 5.41) is 2.75. The van der Waals surface area contributed by atoms with Crippen LogP contribution in [0.5, 0.6) is 0 Å². The Morgan fingerprint density at radius 2 is 1.76 bits per heavy atom.